The van der Waals surface area contributed by atoms with Crippen LogP contribution in [-0.2, 0) is 11.3 Å². The van der Waals surface area contributed by atoms with E-state index in [1.165, 1.54) is 16.8 Å². The second-order valence-corrected chi connectivity index (χ2v) is 4.57. The summed E-state index contributed by atoms with van der Waals surface area (Å²) in [6.45, 7) is 2.52. The van der Waals surface area contributed by atoms with Crippen molar-refractivity contribution in [1.29, 1.82) is 0 Å². The molecule has 0 saturated heterocycles. The first-order valence-electron chi connectivity index (χ1n) is 6.71. The van der Waals surface area contributed by atoms with E-state index in [2.05, 4.69) is 10.4 Å². The first kappa shape index (κ1) is 14.7. The van der Waals surface area contributed by atoms with E-state index in [4.69, 9.17) is 0 Å². The Kier molecular flexibility index (Phi) is 5.04. The van der Waals surface area contributed by atoms with Gasteiger partial charge in [-0.3, -0.25) is 9.59 Å². The molecule has 0 spiro atoms. The van der Waals surface area contributed by atoms with Crippen LogP contribution in [0.4, 0.5) is 0 Å². The first-order chi connectivity index (χ1) is 10.1. The lowest BCUT2D eigenvalue weighted by Gasteiger charge is -2.05. The van der Waals surface area contributed by atoms with Gasteiger partial charge in [0.15, 0.2) is 0 Å². The van der Waals surface area contributed by atoms with Crippen LogP contribution in [0.5, 0.6) is 0 Å². The second-order valence-electron chi connectivity index (χ2n) is 4.57. The van der Waals surface area contributed by atoms with Gasteiger partial charge in [0.1, 0.15) is 0 Å². The molecule has 0 fully saturated rings. The molecule has 2 aromatic rings. The van der Waals surface area contributed by atoms with E-state index in [9.17, 15) is 9.59 Å². The van der Waals surface area contributed by atoms with E-state index >= 15 is 0 Å². The number of hydrogen-bond donors (Lipinski definition) is 1. The van der Waals surface area contributed by atoms with Crippen molar-refractivity contribution >= 4 is 12.0 Å². The Hall–Kier alpha value is -2.69. The molecule has 1 amide bonds. The number of aromatic nitrogens is 2. The Bertz CT molecular complexity index is 690. The summed E-state index contributed by atoms with van der Waals surface area (Å²) >= 11 is 0. The van der Waals surface area contributed by atoms with Crippen molar-refractivity contribution in [2.24, 2.45) is 0 Å². The number of benzene rings is 1. The maximum absolute atomic E-state index is 11.7. The quantitative estimate of drug-likeness (QED) is 0.843. The maximum Gasteiger partial charge on any atom is 0.266 e. The topological polar surface area (TPSA) is 64.0 Å². The number of carbonyl (C=O) groups excluding carboxylic acids is 1. The average molecular weight is 283 g/mol. The molecule has 0 radical (unpaired) electrons. The first-order valence-corrected chi connectivity index (χ1v) is 6.71. The predicted molar refractivity (Wildman–Crippen MR) is 81.7 cm³/mol. The monoisotopic (exact) mass is 283 g/mol. The van der Waals surface area contributed by atoms with Gasteiger partial charge in [-0.15, -0.1) is 0 Å². The fourth-order valence-electron chi connectivity index (χ4n) is 1.79. The molecule has 1 aromatic heterocycles. The highest BCUT2D eigenvalue weighted by Gasteiger charge is 1.99. The maximum atomic E-state index is 11.7. The van der Waals surface area contributed by atoms with Gasteiger partial charge in [0, 0.05) is 18.7 Å². The summed E-state index contributed by atoms with van der Waals surface area (Å²) in [4.78, 5) is 23.2. The van der Waals surface area contributed by atoms with Gasteiger partial charge in [0.25, 0.3) is 5.56 Å². The summed E-state index contributed by atoms with van der Waals surface area (Å²) in [5.74, 6) is -0.195. The highest BCUT2D eigenvalue weighted by molar-refractivity contribution is 5.91. The lowest BCUT2D eigenvalue weighted by atomic mass is 10.2. The van der Waals surface area contributed by atoms with E-state index in [1.807, 2.05) is 37.3 Å². The van der Waals surface area contributed by atoms with Crippen molar-refractivity contribution in [3.63, 3.8) is 0 Å². The summed E-state index contributed by atoms with van der Waals surface area (Å²) in [5, 5.41) is 6.82. The molecule has 0 aliphatic carbocycles. The third kappa shape index (κ3) is 4.72. The molecular weight excluding hydrogens is 266 g/mol. The zero-order valence-corrected chi connectivity index (χ0v) is 11.8. The number of carbonyl (C=O) groups is 1. The van der Waals surface area contributed by atoms with Gasteiger partial charge >= 0.3 is 0 Å². The van der Waals surface area contributed by atoms with E-state index in [0.29, 0.717) is 13.1 Å². The minimum atomic E-state index is -0.195. The summed E-state index contributed by atoms with van der Waals surface area (Å²) in [6, 6.07) is 12.7. The zero-order valence-electron chi connectivity index (χ0n) is 11.8. The molecule has 0 aliphatic heterocycles. The number of nitrogens with zero attached hydrogens (tertiary/aromatic N) is 2. The molecule has 2 rings (SSSR count). The SMILES string of the molecule is Cc1ccc(=O)n(CCNC(=O)/C=C/c2ccccc2)n1. The standard InChI is InChI=1S/C16H17N3O2/c1-13-7-10-16(21)19(18-13)12-11-17-15(20)9-8-14-5-3-2-4-6-14/h2-10H,11-12H2,1H3,(H,17,20)/b9-8+. The molecule has 0 saturated carbocycles. The van der Waals surface area contributed by atoms with Crippen LogP contribution in [0.2, 0.25) is 0 Å². The van der Waals surface area contributed by atoms with Gasteiger partial charge in [0.05, 0.1) is 12.2 Å². The number of aryl methyl sites for hydroxylation is 1. The van der Waals surface area contributed by atoms with Gasteiger partial charge in [-0.2, -0.15) is 5.10 Å². The number of amides is 1. The summed E-state index contributed by atoms with van der Waals surface area (Å²) in [5.41, 5.74) is 1.56. The van der Waals surface area contributed by atoms with E-state index < -0.39 is 0 Å². The van der Waals surface area contributed by atoms with E-state index in [-0.39, 0.29) is 11.5 Å². The zero-order chi connectivity index (χ0) is 15.1. The minimum absolute atomic E-state index is 0.172. The highest BCUT2D eigenvalue weighted by atomic mass is 16.1. The fraction of sp³-hybridized carbons (Fsp3) is 0.188. The Balaban J connectivity index is 1.83. The van der Waals surface area contributed by atoms with Gasteiger partial charge in [-0.05, 0) is 24.6 Å². The fourth-order valence-corrected chi connectivity index (χ4v) is 1.79. The van der Waals surface area contributed by atoms with Crippen LogP contribution in [0.15, 0.2) is 53.3 Å². The van der Waals surface area contributed by atoms with Crippen molar-refractivity contribution < 1.29 is 4.79 Å². The summed E-state index contributed by atoms with van der Waals surface area (Å²) in [7, 11) is 0. The molecule has 1 aromatic carbocycles. The van der Waals surface area contributed by atoms with Crippen molar-refractivity contribution in [2.75, 3.05) is 6.54 Å². The third-order valence-corrected chi connectivity index (χ3v) is 2.85. The third-order valence-electron chi connectivity index (χ3n) is 2.85. The minimum Gasteiger partial charge on any atom is -0.351 e. The molecule has 5 heteroatoms. The van der Waals surface area contributed by atoms with Crippen molar-refractivity contribution in [2.45, 2.75) is 13.5 Å². The Labute approximate surface area is 122 Å². The largest absolute Gasteiger partial charge is 0.351 e. The van der Waals surface area contributed by atoms with Crippen LogP contribution >= 0.6 is 0 Å². The molecule has 1 heterocycles. The lowest BCUT2D eigenvalue weighted by molar-refractivity contribution is -0.116. The summed E-state index contributed by atoms with van der Waals surface area (Å²) in [6.07, 6.45) is 3.22. The Morgan fingerprint density at radius 2 is 2.00 bits per heavy atom. The molecule has 21 heavy (non-hydrogen) atoms. The lowest BCUT2D eigenvalue weighted by Crippen LogP contribution is -2.31. The highest BCUT2D eigenvalue weighted by Crippen LogP contribution is 2.00. The van der Waals surface area contributed by atoms with Crippen LogP contribution < -0.4 is 10.9 Å². The number of nitrogens with one attached hydrogen (secondary N) is 1. The molecule has 0 bridgehead atoms. The second kappa shape index (κ2) is 7.19. The average Bonchev–Trinajstić information content (AvgIpc) is 2.50. The van der Waals surface area contributed by atoms with Crippen molar-refractivity contribution in [3.05, 3.63) is 70.2 Å². The molecular formula is C16H17N3O2. The van der Waals surface area contributed by atoms with Gasteiger partial charge in [-0.25, -0.2) is 4.68 Å². The van der Waals surface area contributed by atoms with E-state index in [0.717, 1.165) is 11.3 Å². The Morgan fingerprint density at radius 1 is 1.24 bits per heavy atom. The Morgan fingerprint density at radius 3 is 2.76 bits per heavy atom. The summed E-state index contributed by atoms with van der Waals surface area (Å²) < 4.78 is 1.34. The molecule has 108 valence electrons. The normalized spacial score (nSPS) is 10.7. The van der Waals surface area contributed by atoms with Crippen LogP contribution in [0.25, 0.3) is 6.08 Å². The van der Waals surface area contributed by atoms with Gasteiger partial charge in [-0.1, -0.05) is 30.3 Å². The molecule has 5 nitrogen and oxygen atoms in total. The van der Waals surface area contributed by atoms with Crippen LogP contribution in [0.1, 0.15) is 11.3 Å². The predicted octanol–water partition coefficient (Wildman–Crippen LogP) is 1.38. The van der Waals surface area contributed by atoms with Crippen LogP contribution in [0.3, 0.4) is 0 Å². The molecule has 0 atom stereocenters. The van der Waals surface area contributed by atoms with Crippen molar-refractivity contribution in [1.82, 2.24) is 15.1 Å². The van der Waals surface area contributed by atoms with E-state index in [1.54, 1.807) is 12.1 Å². The van der Waals surface area contributed by atoms with Crippen LogP contribution in [0, 0.1) is 6.92 Å². The van der Waals surface area contributed by atoms with Crippen molar-refractivity contribution in [3.8, 4) is 0 Å². The molecule has 0 aliphatic rings. The number of rotatable bonds is 5. The molecule has 1 N–H and O–H groups in total. The van der Waals surface area contributed by atoms with Gasteiger partial charge < -0.3 is 5.32 Å². The number of hydrogen-bond acceptors (Lipinski definition) is 3. The van der Waals surface area contributed by atoms with Crippen LogP contribution in [-0.4, -0.2) is 22.2 Å². The smallest absolute Gasteiger partial charge is 0.266 e. The van der Waals surface area contributed by atoms with Gasteiger partial charge in [0.2, 0.25) is 5.91 Å². The molecule has 0 unspecified atom stereocenters.